The number of benzene rings is 1. The SMILES string of the molecule is CC/C=C(\O)[C@@H](O)CN1CCN(c2ccccc2)CC1. The number of aliphatic hydroxyl groups excluding tert-OH is 2. The van der Waals surface area contributed by atoms with Gasteiger partial charge in [0, 0.05) is 38.4 Å². The summed E-state index contributed by atoms with van der Waals surface area (Å²) in [5, 5.41) is 19.6. The number of hydrogen-bond acceptors (Lipinski definition) is 4. The lowest BCUT2D eigenvalue weighted by molar-refractivity contribution is 0.0991. The second-order valence-electron chi connectivity index (χ2n) is 5.18. The molecule has 1 saturated heterocycles. The minimum absolute atomic E-state index is 0.0954. The highest BCUT2D eigenvalue weighted by Crippen LogP contribution is 2.16. The molecule has 1 aromatic carbocycles. The van der Waals surface area contributed by atoms with E-state index in [0.717, 1.165) is 32.6 Å². The van der Waals surface area contributed by atoms with E-state index in [4.69, 9.17) is 0 Å². The molecule has 4 nitrogen and oxygen atoms in total. The Morgan fingerprint density at radius 2 is 1.85 bits per heavy atom. The monoisotopic (exact) mass is 276 g/mol. The Hall–Kier alpha value is -1.52. The topological polar surface area (TPSA) is 46.9 Å². The number of aliphatic hydroxyl groups is 2. The van der Waals surface area contributed by atoms with Gasteiger partial charge < -0.3 is 15.1 Å². The molecule has 20 heavy (non-hydrogen) atoms. The maximum absolute atomic E-state index is 9.91. The minimum atomic E-state index is -0.766. The standard InChI is InChI=1S/C16H24N2O2/c1-2-6-15(19)16(20)13-17-9-11-18(12-10-17)14-7-4-3-5-8-14/h3-8,16,19-20H,2,9-13H2,1H3/b15-6-/t16-/m0/s1. The first kappa shape index (κ1) is 14.9. The zero-order valence-electron chi connectivity index (χ0n) is 12.1. The van der Waals surface area contributed by atoms with Gasteiger partial charge in [0.2, 0.25) is 0 Å². The summed E-state index contributed by atoms with van der Waals surface area (Å²) in [6.07, 6.45) is 1.65. The molecule has 0 radical (unpaired) electrons. The zero-order valence-corrected chi connectivity index (χ0v) is 12.1. The molecule has 0 saturated carbocycles. The fourth-order valence-electron chi connectivity index (χ4n) is 2.51. The molecule has 0 bridgehead atoms. The van der Waals surface area contributed by atoms with Crippen LogP contribution < -0.4 is 4.90 Å². The fraction of sp³-hybridized carbons (Fsp3) is 0.500. The molecule has 0 aromatic heterocycles. The van der Waals surface area contributed by atoms with Crippen molar-refractivity contribution < 1.29 is 10.2 Å². The summed E-state index contributed by atoms with van der Waals surface area (Å²) in [7, 11) is 0. The predicted octanol–water partition coefficient (Wildman–Crippen LogP) is 2.02. The quantitative estimate of drug-likeness (QED) is 0.808. The van der Waals surface area contributed by atoms with Crippen LogP contribution in [0.3, 0.4) is 0 Å². The maximum atomic E-state index is 9.91. The molecule has 0 aliphatic carbocycles. The molecule has 0 amide bonds. The van der Waals surface area contributed by atoms with E-state index in [-0.39, 0.29) is 5.76 Å². The summed E-state index contributed by atoms with van der Waals surface area (Å²) in [4.78, 5) is 4.55. The van der Waals surface area contributed by atoms with Crippen molar-refractivity contribution >= 4 is 5.69 Å². The van der Waals surface area contributed by atoms with E-state index in [1.165, 1.54) is 5.69 Å². The number of piperazine rings is 1. The summed E-state index contributed by atoms with van der Waals surface area (Å²) < 4.78 is 0. The molecule has 0 spiro atoms. The number of allylic oxidation sites excluding steroid dienone is 1. The van der Waals surface area contributed by atoms with Crippen molar-refractivity contribution in [3.8, 4) is 0 Å². The van der Waals surface area contributed by atoms with Gasteiger partial charge in [-0.05, 0) is 24.6 Å². The van der Waals surface area contributed by atoms with Crippen LogP contribution in [0, 0.1) is 0 Å². The Morgan fingerprint density at radius 3 is 2.45 bits per heavy atom. The Bertz CT molecular complexity index is 425. The summed E-state index contributed by atoms with van der Waals surface area (Å²) in [6.45, 7) is 6.17. The fourth-order valence-corrected chi connectivity index (χ4v) is 2.51. The van der Waals surface area contributed by atoms with Gasteiger partial charge in [-0.15, -0.1) is 0 Å². The van der Waals surface area contributed by atoms with Gasteiger partial charge in [-0.3, -0.25) is 4.90 Å². The van der Waals surface area contributed by atoms with Crippen LogP contribution in [0.1, 0.15) is 13.3 Å². The lowest BCUT2D eigenvalue weighted by Gasteiger charge is -2.36. The molecule has 1 fully saturated rings. The van der Waals surface area contributed by atoms with E-state index in [1.54, 1.807) is 6.08 Å². The zero-order chi connectivity index (χ0) is 14.4. The third kappa shape index (κ3) is 3.99. The third-order valence-corrected chi connectivity index (χ3v) is 3.68. The minimum Gasteiger partial charge on any atom is -0.510 e. The Morgan fingerprint density at radius 1 is 1.20 bits per heavy atom. The summed E-state index contributed by atoms with van der Waals surface area (Å²) in [6, 6.07) is 10.4. The van der Waals surface area contributed by atoms with E-state index in [1.807, 2.05) is 13.0 Å². The van der Waals surface area contributed by atoms with Crippen molar-refractivity contribution in [2.75, 3.05) is 37.6 Å². The van der Waals surface area contributed by atoms with Crippen LogP contribution in [0.25, 0.3) is 0 Å². The van der Waals surface area contributed by atoms with Crippen LogP contribution >= 0.6 is 0 Å². The molecule has 1 aromatic rings. The van der Waals surface area contributed by atoms with Crippen LogP contribution in [0.15, 0.2) is 42.2 Å². The third-order valence-electron chi connectivity index (χ3n) is 3.68. The normalized spacial score (nSPS) is 19.1. The van der Waals surface area contributed by atoms with Gasteiger partial charge in [-0.1, -0.05) is 25.1 Å². The molecule has 4 heteroatoms. The van der Waals surface area contributed by atoms with E-state index >= 15 is 0 Å². The molecule has 1 aliphatic heterocycles. The number of nitrogens with zero attached hydrogens (tertiary/aromatic N) is 2. The lowest BCUT2D eigenvalue weighted by Crippen LogP contribution is -2.48. The van der Waals surface area contributed by atoms with Gasteiger partial charge in [0.1, 0.15) is 11.9 Å². The number of rotatable bonds is 5. The van der Waals surface area contributed by atoms with Crippen molar-refractivity contribution in [3.63, 3.8) is 0 Å². The molecular weight excluding hydrogens is 252 g/mol. The van der Waals surface area contributed by atoms with Crippen molar-refractivity contribution in [3.05, 3.63) is 42.2 Å². The first-order valence-electron chi connectivity index (χ1n) is 7.30. The number of para-hydroxylation sites is 1. The molecule has 110 valence electrons. The van der Waals surface area contributed by atoms with Gasteiger partial charge in [0.05, 0.1) is 0 Å². The molecule has 2 N–H and O–H groups in total. The first-order chi connectivity index (χ1) is 9.70. The second-order valence-corrected chi connectivity index (χ2v) is 5.18. The van der Waals surface area contributed by atoms with Crippen molar-refractivity contribution in [1.82, 2.24) is 4.90 Å². The van der Waals surface area contributed by atoms with Crippen LogP contribution in [0.5, 0.6) is 0 Å². The van der Waals surface area contributed by atoms with E-state index in [0.29, 0.717) is 6.54 Å². The first-order valence-corrected chi connectivity index (χ1v) is 7.30. The second kappa shape index (κ2) is 7.31. The van der Waals surface area contributed by atoms with Crippen molar-refractivity contribution in [1.29, 1.82) is 0 Å². The summed E-state index contributed by atoms with van der Waals surface area (Å²) >= 11 is 0. The van der Waals surface area contributed by atoms with Crippen molar-refractivity contribution in [2.45, 2.75) is 19.4 Å². The summed E-state index contributed by atoms with van der Waals surface area (Å²) in [5.74, 6) is 0.0954. The van der Waals surface area contributed by atoms with Gasteiger partial charge in [-0.2, -0.15) is 0 Å². The largest absolute Gasteiger partial charge is 0.510 e. The van der Waals surface area contributed by atoms with E-state index < -0.39 is 6.10 Å². The highest BCUT2D eigenvalue weighted by molar-refractivity contribution is 5.46. The molecule has 1 heterocycles. The van der Waals surface area contributed by atoms with Crippen LogP contribution in [0.4, 0.5) is 5.69 Å². The average Bonchev–Trinajstić information content (AvgIpc) is 2.49. The Labute approximate surface area is 120 Å². The number of β-amino-alcohol motifs (C(OH)–C–C–N with tert-alkyl or cyclic N) is 1. The van der Waals surface area contributed by atoms with E-state index in [2.05, 4.69) is 34.1 Å². The molecule has 2 rings (SSSR count). The highest BCUT2D eigenvalue weighted by atomic mass is 16.3. The van der Waals surface area contributed by atoms with Gasteiger partial charge in [0.25, 0.3) is 0 Å². The smallest absolute Gasteiger partial charge is 0.123 e. The Kier molecular flexibility index (Phi) is 5.44. The highest BCUT2D eigenvalue weighted by Gasteiger charge is 2.20. The lowest BCUT2D eigenvalue weighted by atomic mass is 10.2. The van der Waals surface area contributed by atoms with Crippen LogP contribution in [-0.2, 0) is 0 Å². The summed E-state index contributed by atoms with van der Waals surface area (Å²) in [5.41, 5.74) is 1.25. The van der Waals surface area contributed by atoms with E-state index in [9.17, 15) is 10.2 Å². The van der Waals surface area contributed by atoms with Gasteiger partial charge >= 0.3 is 0 Å². The maximum Gasteiger partial charge on any atom is 0.123 e. The van der Waals surface area contributed by atoms with Crippen LogP contribution in [0.2, 0.25) is 0 Å². The Balaban J connectivity index is 1.81. The molecule has 1 aliphatic rings. The molecule has 0 unspecified atom stereocenters. The number of anilines is 1. The van der Waals surface area contributed by atoms with Crippen LogP contribution in [-0.4, -0.2) is 53.9 Å². The van der Waals surface area contributed by atoms with Gasteiger partial charge in [0.15, 0.2) is 0 Å². The van der Waals surface area contributed by atoms with Crippen molar-refractivity contribution in [2.24, 2.45) is 0 Å². The predicted molar refractivity (Wildman–Crippen MR) is 82.1 cm³/mol. The average molecular weight is 276 g/mol. The molecular formula is C16H24N2O2. The number of hydrogen-bond donors (Lipinski definition) is 2. The van der Waals surface area contributed by atoms with Gasteiger partial charge in [-0.25, -0.2) is 0 Å². The molecule has 1 atom stereocenters.